The van der Waals surface area contributed by atoms with Gasteiger partial charge in [0.1, 0.15) is 0 Å². The number of aromatic nitrogens is 2. The molecule has 0 aromatic carbocycles. The molecule has 0 unspecified atom stereocenters. The van der Waals surface area contributed by atoms with Crippen LogP contribution in [0.15, 0.2) is 16.9 Å². The van der Waals surface area contributed by atoms with Crippen LogP contribution in [0.3, 0.4) is 0 Å². The van der Waals surface area contributed by atoms with Crippen LogP contribution in [0.5, 0.6) is 0 Å². The summed E-state index contributed by atoms with van der Waals surface area (Å²) in [7, 11) is 0. The van der Waals surface area contributed by atoms with Gasteiger partial charge < -0.3 is 5.11 Å². The molecule has 0 bridgehead atoms. The average Bonchev–Trinajstić information content (AvgIpc) is 2.38. The first-order valence-corrected chi connectivity index (χ1v) is 6.48. The van der Waals surface area contributed by atoms with E-state index in [-0.39, 0.29) is 11.3 Å². The summed E-state index contributed by atoms with van der Waals surface area (Å²) in [4.78, 5) is 22.4. The van der Waals surface area contributed by atoms with E-state index >= 15 is 0 Å². The van der Waals surface area contributed by atoms with Gasteiger partial charge in [-0.25, -0.2) is 9.48 Å². The fraction of sp³-hybridized carbons (Fsp3) is 0.615. The van der Waals surface area contributed by atoms with Crippen LogP contribution < -0.4 is 5.56 Å². The maximum atomic E-state index is 11.6. The molecule has 5 heteroatoms. The van der Waals surface area contributed by atoms with Gasteiger partial charge in [-0.1, -0.05) is 32.1 Å². The van der Waals surface area contributed by atoms with Crippen molar-refractivity contribution in [3.05, 3.63) is 28.2 Å². The molecule has 1 aromatic heterocycles. The molecule has 1 N–H and O–H groups in total. The van der Waals surface area contributed by atoms with Crippen LogP contribution in [0, 0.1) is 5.92 Å². The van der Waals surface area contributed by atoms with Gasteiger partial charge in [0.25, 0.3) is 5.56 Å². The van der Waals surface area contributed by atoms with Crippen molar-refractivity contribution < 1.29 is 9.90 Å². The van der Waals surface area contributed by atoms with Crippen molar-refractivity contribution in [3.8, 4) is 0 Å². The van der Waals surface area contributed by atoms with Crippen molar-refractivity contribution in [3.63, 3.8) is 0 Å². The second-order valence-electron chi connectivity index (χ2n) is 4.88. The first kappa shape index (κ1) is 12.8. The second kappa shape index (κ2) is 5.80. The molecule has 2 rings (SSSR count). The van der Waals surface area contributed by atoms with E-state index in [9.17, 15) is 9.59 Å². The highest BCUT2D eigenvalue weighted by atomic mass is 16.4. The molecule has 1 aromatic rings. The van der Waals surface area contributed by atoms with Crippen LogP contribution >= 0.6 is 0 Å². The Hall–Kier alpha value is -1.65. The number of aromatic carboxylic acids is 1. The fourth-order valence-electron chi connectivity index (χ4n) is 2.50. The summed E-state index contributed by atoms with van der Waals surface area (Å²) in [5.74, 6) is -0.442. The topological polar surface area (TPSA) is 72.2 Å². The van der Waals surface area contributed by atoms with Gasteiger partial charge in [0.05, 0.1) is 0 Å². The van der Waals surface area contributed by atoms with E-state index in [1.165, 1.54) is 48.9 Å². The number of nitrogens with zero attached hydrogens (tertiary/aromatic N) is 2. The Labute approximate surface area is 105 Å². The zero-order valence-electron chi connectivity index (χ0n) is 10.3. The molecule has 0 atom stereocenters. The van der Waals surface area contributed by atoms with Crippen LogP contribution in [0.1, 0.15) is 49.0 Å². The molecular weight excluding hydrogens is 232 g/mol. The van der Waals surface area contributed by atoms with Crippen LogP contribution in [-0.4, -0.2) is 20.9 Å². The van der Waals surface area contributed by atoms with E-state index in [4.69, 9.17) is 5.11 Å². The van der Waals surface area contributed by atoms with Crippen molar-refractivity contribution in [2.45, 2.75) is 45.1 Å². The van der Waals surface area contributed by atoms with Crippen LogP contribution in [0.25, 0.3) is 0 Å². The molecule has 1 fully saturated rings. The Morgan fingerprint density at radius 2 is 2.06 bits per heavy atom. The minimum Gasteiger partial charge on any atom is -0.476 e. The fourth-order valence-corrected chi connectivity index (χ4v) is 2.50. The molecule has 0 aliphatic heterocycles. The van der Waals surface area contributed by atoms with Gasteiger partial charge in [0, 0.05) is 12.6 Å². The molecule has 1 aliphatic rings. The summed E-state index contributed by atoms with van der Waals surface area (Å²) < 4.78 is 1.28. The second-order valence-corrected chi connectivity index (χ2v) is 4.88. The Balaban J connectivity index is 2.01. The lowest BCUT2D eigenvalue weighted by Crippen LogP contribution is -2.25. The monoisotopic (exact) mass is 250 g/mol. The van der Waals surface area contributed by atoms with Gasteiger partial charge in [-0.2, -0.15) is 5.10 Å². The third-order valence-corrected chi connectivity index (χ3v) is 3.56. The van der Waals surface area contributed by atoms with Crippen molar-refractivity contribution in [1.29, 1.82) is 0 Å². The van der Waals surface area contributed by atoms with E-state index in [2.05, 4.69) is 5.10 Å². The minimum absolute atomic E-state index is 0.0711. The number of rotatable bonds is 4. The summed E-state index contributed by atoms with van der Waals surface area (Å²) in [6, 6.07) is 2.53. The highest BCUT2D eigenvalue weighted by molar-refractivity contribution is 5.84. The maximum absolute atomic E-state index is 11.6. The van der Waals surface area contributed by atoms with Crippen molar-refractivity contribution in [2.75, 3.05) is 0 Å². The highest BCUT2D eigenvalue weighted by Gasteiger charge is 2.14. The van der Waals surface area contributed by atoms with Gasteiger partial charge in [-0.3, -0.25) is 4.79 Å². The predicted octanol–water partition coefficient (Wildman–Crippen LogP) is 1.91. The SMILES string of the molecule is O=C(O)c1ccc(=O)n(CCC2CCCCC2)n1. The average molecular weight is 250 g/mol. The molecule has 5 nitrogen and oxygen atoms in total. The van der Waals surface area contributed by atoms with Crippen molar-refractivity contribution in [1.82, 2.24) is 9.78 Å². The van der Waals surface area contributed by atoms with E-state index in [1.807, 2.05) is 0 Å². The predicted molar refractivity (Wildman–Crippen MR) is 66.6 cm³/mol. The van der Waals surface area contributed by atoms with Crippen LogP contribution in [-0.2, 0) is 6.54 Å². The standard InChI is InChI=1S/C13H18N2O3/c16-12-7-6-11(13(17)18)14-15(12)9-8-10-4-2-1-3-5-10/h6-7,10H,1-5,8-9H2,(H,17,18). The lowest BCUT2D eigenvalue weighted by molar-refractivity contribution is 0.0687. The van der Waals surface area contributed by atoms with E-state index < -0.39 is 5.97 Å². The molecule has 1 heterocycles. The van der Waals surface area contributed by atoms with Crippen molar-refractivity contribution in [2.24, 2.45) is 5.92 Å². The minimum atomic E-state index is -1.10. The zero-order valence-corrected chi connectivity index (χ0v) is 10.3. The summed E-state index contributed by atoms with van der Waals surface area (Å²) in [6.45, 7) is 0.518. The van der Waals surface area contributed by atoms with Gasteiger partial charge in [-0.15, -0.1) is 0 Å². The van der Waals surface area contributed by atoms with Gasteiger partial charge in [-0.05, 0) is 18.4 Å². The number of hydrogen-bond donors (Lipinski definition) is 1. The first-order valence-electron chi connectivity index (χ1n) is 6.48. The highest BCUT2D eigenvalue weighted by Crippen LogP contribution is 2.26. The lowest BCUT2D eigenvalue weighted by Gasteiger charge is -2.21. The summed E-state index contributed by atoms with van der Waals surface area (Å²) in [5, 5.41) is 12.7. The number of hydrogen-bond acceptors (Lipinski definition) is 3. The Kier molecular flexibility index (Phi) is 4.12. The third-order valence-electron chi connectivity index (χ3n) is 3.56. The third kappa shape index (κ3) is 3.18. The molecule has 1 saturated carbocycles. The largest absolute Gasteiger partial charge is 0.476 e. The molecular formula is C13H18N2O3. The van der Waals surface area contributed by atoms with Gasteiger partial charge in [0.2, 0.25) is 0 Å². The normalized spacial score (nSPS) is 16.7. The van der Waals surface area contributed by atoms with Crippen LogP contribution in [0.2, 0.25) is 0 Å². The Morgan fingerprint density at radius 1 is 1.33 bits per heavy atom. The Bertz CT molecular complexity index is 475. The van der Waals surface area contributed by atoms with Crippen LogP contribution in [0.4, 0.5) is 0 Å². The number of carboxylic acids is 1. The molecule has 0 amide bonds. The number of carboxylic acid groups (broad SMARTS) is 1. The maximum Gasteiger partial charge on any atom is 0.356 e. The first-order chi connectivity index (χ1) is 8.66. The van der Waals surface area contributed by atoms with E-state index in [0.717, 1.165) is 6.42 Å². The molecule has 18 heavy (non-hydrogen) atoms. The van der Waals surface area contributed by atoms with E-state index in [1.54, 1.807) is 0 Å². The summed E-state index contributed by atoms with van der Waals surface area (Å²) in [5.41, 5.74) is -0.297. The zero-order chi connectivity index (χ0) is 13.0. The van der Waals surface area contributed by atoms with Gasteiger partial charge in [0.15, 0.2) is 5.69 Å². The molecule has 1 aliphatic carbocycles. The molecule has 0 radical (unpaired) electrons. The van der Waals surface area contributed by atoms with Gasteiger partial charge >= 0.3 is 5.97 Å². The summed E-state index contributed by atoms with van der Waals surface area (Å²) >= 11 is 0. The number of carbonyl (C=O) groups is 1. The van der Waals surface area contributed by atoms with E-state index in [0.29, 0.717) is 12.5 Å². The quantitative estimate of drug-likeness (QED) is 0.886. The lowest BCUT2D eigenvalue weighted by atomic mass is 9.87. The Morgan fingerprint density at radius 3 is 2.72 bits per heavy atom. The molecule has 0 saturated heterocycles. The van der Waals surface area contributed by atoms with Crippen molar-refractivity contribution >= 4 is 5.97 Å². The molecule has 98 valence electrons. The smallest absolute Gasteiger partial charge is 0.356 e. The number of aryl methyl sites for hydroxylation is 1. The molecule has 0 spiro atoms. The summed E-state index contributed by atoms with van der Waals surface area (Å²) in [6.07, 6.45) is 7.18.